The summed E-state index contributed by atoms with van der Waals surface area (Å²) in [5.41, 5.74) is 3.80. The molecule has 31 atom stereocenters. The number of benzene rings is 5. The van der Waals surface area contributed by atoms with E-state index in [2.05, 4.69) is 185 Å². The van der Waals surface area contributed by atoms with E-state index >= 15 is 0 Å². The third-order valence-corrected chi connectivity index (χ3v) is 34.5. The lowest BCUT2D eigenvalue weighted by atomic mass is 9.75. The standard InChI is InChI=1S/C100H130O20Si/c1-59(2)121(60(3)4,61(5)6)120-94-65(10)92-88(117-93-64(9)66(11)100(119-98(93)94)53-76(58-107-100)108-67(12)101)51-84-82(116-92)45-62(7)46-86-85(113-84)52-91(109-68(13)102)99(14,118-86)90(104-54-69-29-19-15-20-30-69)49-75-37-25-18-26-38-77-78(110-75)41-42-80-79(111-77)43-44-81-83(112-80)50-89-96(115-81)97(106-56-71-33-23-17-24-34-71)95(105-55-70-31-21-16-22-32-70)87(114-89)47-63(8)103-57-72-39-40-73-35-27-28-36-74(73)48-72/h15-24,26-36,39-44,48,59-66,75-98H,38,45-47,49-58H2,1-14H3/b26-18-,37-25?/t62-,63+,64+,65-,66+,75+,76+,77-,78+,79+,80-,81-,82+,83+,84-,85+,86-,87+,88+,89-,90-,91-,92-,93-,94+,95+,96-,97-,98-,99+,100-/m1/s1. The molecule has 2 radical (unpaired) electrons. The van der Waals surface area contributed by atoms with Crippen molar-refractivity contribution < 1.29 is 94.5 Å². The number of fused-ring (bicyclic) bond motifs is 9. The van der Waals surface area contributed by atoms with E-state index in [0.29, 0.717) is 87.8 Å². The zero-order valence-electron chi connectivity index (χ0n) is 73.2. The fraction of sp³-hybridized carbons (Fsp3) is 0.620. The van der Waals surface area contributed by atoms with E-state index in [-0.39, 0.29) is 67.6 Å². The first-order valence-corrected chi connectivity index (χ1v) is 47.3. The van der Waals surface area contributed by atoms with Gasteiger partial charge in [-0.15, -0.1) is 0 Å². The molecule has 21 heteroatoms. The number of allylic oxidation sites excluding steroid dienone is 2. The van der Waals surface area contributed by atoms with Crippen molar-refractivity contribution in [2.24, 2.45) is 23.7 Å². The second-order valence-electron chi connectivity index (χ2n) is 37.7. The lowest BCUT2D eigenvalue weighted by Crippen LogP contribution is -2.65. The van der Waals surface area contributed by atoms with Crippen LogP contribution in [0, 0.1) is 35.8 Å². The van der Waals surface area contributed by atoms with E-state index in [1.165, 1.54) is 24.6 Å². The van der Waals surface area contributed by atoms with Gasteiger partial charge < -0.3 is 85.0 Å². The Bertz CT molecular complexity index is 4330. The van der Waals surface area contributed by atoms with Crippen molar-refractivity contribution in [3.05, 3.63) is 204 Å². The third kappa shape index (κ3) is 19.6. The highest BCUT2D eigenvalue weighted by Gasteiger charge is 2.65. The van der Waals surface area contributed by atoms with E-state index in [1.807, 2.05) is 79.7 Å². The molecule has 11 heterocycles. The lowest BCUT2D eigenvalue weighted by molar-refractivity contribution is -0.338. The van der Waals surface area contributed by atoms with E-state index < -0.39 is 160 Å². The molecule has 0 bridgehead atoms. The van der Waals surface area contributed by atoms with Gasteiger partial charge in [-0.25, -0.2) is 0 Å². The van der Waals surface area contributed by atoms with Crippen LogP contribution in [0.3, 0.4) is 0 Å². The van der Waals surface area contributed by atoms with Gasteiger partial charge in [-0.2, -0.15) is 0 Å². The minimum Gasteiger partial charge on any atom is -0.460 e. The molecular weight excluding hydrogens is 1550 g/mol. The van der Waals surface area contributed by atoms with Crippen molar-refractivity contribution in [1.82, 2.24) is 0 Å². The van der Waals surface area contributed by atoms with Crippen molar-refractivity contribution in [3.8, 4) is 0 Å². The molecule has 11 aliphatic rings. The quantitative estimate of drug-likeness (QED) is 0.0320. The largest absolute Gasteiger partial charge is 0.460 e. The van der Waals surface area contributed by atoms with Crippen LogP contribution in [0.25, 0.3) is 10.8 Å². The summed E-state index contributed by atoms with van der Waals surface area (Å²) in [4.78, 5) is 26.2. The maximum absolute atomic E-state index is 13.8. The molecule has 16 rings (SSSR count). The van der Waals surface area contributed by atoms with Crippen molar-refractivity contribution in [3.63, 3.8) is 0 Å². The van der Waals surface area contributed by atoms with Crippen LogP contribution in [-0.4, -0.2) is 191 Å². The topological polar surface area (TPSA) is 200 Å². The van der Waals surface area contributed by atoms with Gasteiger partial charge in [0.25, 0.3) is 0 Å². The predicted molar refractivity (Wildman–Crippen MR) is 459 cm³/mol. The SMILES string of the molecule is CC(=O)O[C@@H]1CO[C@]2(C1)O[C@@H]1[C@H](O[C@H]3C[C@H]4O[C@H]5C[C@@H](OC(C)=O)[C@](C)([C@@H](C[C@@H]6[C]=[C]/C=C\C[C@H]7O[C@H]8C=C[C@H]9O[C@H]%10[C@H](OCc%11ccccc%11)[C@@H](OCc%11ccccc%11)[C@H](C[C@H](C)OCc%11ccc%12ccccc%12c%11)O[C@@H]%10C[C@@H]9O[C@@H]8C=C[C@@H]7O6)OCc6ccccc6)O[C@@H]5C[C@H](C)C[C@@H]4O[C@@H]3[C@@H](C)[C@@H]1O[Si](C(C)C)(C(C)C)C(C)C)[C@@H](C)[C@@H]2C. The summed E-state index contributed by atoms with van der Waals surface area (Å²) >= 11 is 0. The lowest BCUT2D eigenvalue weighted by Gasteiger charge is -2.54. The molecule has 5 aromatic rings. The van der Waals surface area contributed by atoms with Gasteiger partial charge in [0.2, 0.25) is 8.32 Å². The van der Waals surface area contributed by atoms with Crippen molar-refractivity contribution >= 4 is 31.0 Å². The average molecular weight is 1680 g/mol. The fourth-order valence-corrected chi connectivity index (χ4v) is 27.7. The monoisotopic (exact) mass is 1680 g/mol. The smallest absolute Gasteiger partial charge is 0.303 e. The number of carbonyl (C=O) groups excluding carboxylic acids is 2. The molecule has 8 saturated heterocycles. The molecule has 0 aromatic heterocycles. The first kappa shape index (κ1) is 88.3. The average Bonchev–Trinajstić information content (AvgIpc) is 1.58. The van der Waals surface area contributed by atoms with E-state index in [0.717, 1.165) is 22.3 Å². The Labute approximate surface area is 718 Å². The van der Waals surface area contributed by atoms with Gasteiger partial charge in [-0.1, -0.05) is 233 Å². The van der Waals surface area contributed by atoms with Crippen LogP contribution in [0.15, 0.2) is 170 Å². The number of rotatable bonds is 24. The van der Waals surface area contributed by atoms with Crippen LogP contribution in [0.4, 0.5) is 0 Å². The Morgan fingerprint density at radius 2 is 1.07 bits per heavy atom. The Hall–Kier alpha value is -6.16. The predicted octanol–water partition coefficient (Wildman–Crippen LogP) is 17.2. The molecule has 0 N–H and O–H groups in total. The third-order valence-electron chi connectivity index (χ3n) is 28.4. The van der Waals surface area contributed by atoms with Gasteiger partial charge in [0.15, 0.2) is 5.79 Å². The van der Waals surface area contributed by atoms with Crippen LogP contribution in [0.2, 0.25) is 16.6 Å². The maximum atomic E-state index is 13.8. The Balaban J connectivity index is 0.638. The molecule has 8 fully saturated rings. The maximum Gasteiger partial charge on any atom is 0.303 e. The zero-order chi connectivity index (χ0) is 84.4. The van der Waals surface area contributed by atoms with E-state index in [1.54, 1.807) is 0 Å². The van der Waals surface area contributed by atoms with Gasteiger partial charge in [-0.05, 0) is 113 Å². The molecule has 5 aromatic carbocycles. The molecule has 121 heavy (non-hydrogen) atoms. The second kappa shape index (κ2) is 38.6. The number of hydrogen-bond acceptors (Lipinski definition) is 20. The molecular formula is C100H130O20Si. The molecule has 0 unspecified atom stereocenters. The highest BCUT2D eigenvalue weighted by Crippen LogP contribution is 2.55. The van der Waals surface area contributed by atoms with Crippen LogP contribution < -0.4 is 0 Å². The summed E-state index contributed by atoms with van der Waals surface area (Å²) in [5, 5.41) is 2.36. The van der Waals surface area contributed by atoms with Crippen LogP contribution in [0.1, 0.15) is 177 Å². The Morgan fingerprint density at radius 3 is 1.75 bits per heavy atom. The summed E-state index contributed by atoms with van der Waals surface area (Å²) in [6, 6.07) is 45.5. The van der Waals surface area contributed by atoms with Crippen LogP contribution in [-0.2, 0) is 121 Å². The number of ether oxygens (including phenoxy) is 17. The summed E-state index contributed by atoms with van der Waals surface area (Å²) in [6.45, 7) is 31.6. The van der Waals surface area contributed by atoms with Gasteiger partial charge >= 0.3 is 11.9 Å². The highest BCUT2D eigenvalue weighted by atomic mass is 28.4. The number of carbonyl (C=O) groups is 2. The van der Waals surface area contributed by atoms with Gasteiger partial charge in [0.05, 0.1) is 125 Å². The van der Waals surface area contributed by atoms with E-state index in [9.17, 15) is 9.59 Å². The number of esters is 2. The molecule has 0 saturated carbocycles. The van der Waals surface area contributed by atoms with E-state index in [4.69, 9.17) is 85.0 Å². The van der Waals surface area contributed by atoms with Crippen molar-refractivity contribution in [2.45, 2.75) is 362 Å². The Kier molecular flexibility index (Phi) is 28.1. The fourth-order valence-electron chi connectivity index (χ4n) is 22.1. The second-order valence-corrected chi connectivity index (χ2v) is 43.1. The normalized spacial score (nSPS) is 38.6. The highest BCUT2D eigenvalue weighted by molar-refractivity contribution is 6.77. The van der Waals surface area contributed by atoms with Crippen molar-refractivity contribution in [2.75, 3.05) is 6.61 Å². The van der Waals surface area contributed by atoms with Crippen LogP contribution in [0.5, 0.6) is 0 Å². The van der Waals surface area contributed by atoms with Gasteiger partial charge in [0, 0.05) is 64.2 Å². The minimum absolute atomic E-state index is 0.0543. The Morgan fingerprint density at radius 1 is 0.496 bits per heavy atom. The summed E-state index contributed by atoms with van der Waals surface area (Å²) < 4.78 is 130. The summed E-state index contributed by atoms with van der Waals surface area (Å²) in [6.07, 6.45) is 11.5. The molecule has 0 amide bonds. The number of hydrogen-bond donors (Lipinski definition) is 0. The van der Waals surface area contributed by atoms with Crippen LogP contribution >= 0.6 is 0 Å². The first-order valence-electron chi connectivity index (χ1n) is 45.2. The molecule has 0 aliphatic carbocycles. The van der Waals surface area contributed by atoms with Crippen molar-refractivity contribution in [1.29, 1.82) is 0 Å². The first-order chi connectivity index (χ1) is 58.4. The minimum atomic E-state index is -2.58. The van der Waals surface area contributed by atoms with Gasteiger partial charge in [0.1, 0.15) is 66.6 Å². The molecule has 11 aliphatic heterocycles. The summed E-state index contributed by atoms with van der Waals surface area (Å²) in [7, 11) is -2.58. The molecule has 20 nitrogen and oxygen atoms in total. The molecule has 1 spiro atoms. The molecule has 654 valence electrons. The summed E-state index contributed by atoms with van der Waals surface area (Å²) in [5.74, 6) is -2.05. The van der Waals surface area contributed by atoms with Gasteiger partial charge in [-0.3, -0.25) is 9.59 Å². The zero-order valence-corrected chi connectivity index (χ0v) is 74.2.